The maximum absolute atomic E-state index is 11.9. The quantitative estimate of drug-likeness (QED) is 0.889. The Bertz CT molecular complexity index is 633. The van der Waals surface area contributed by atoms with E-state index in [1.807, 2.05) is 0 Å². The van der Waals surface area contributed by atoms with Crippen molar-refractivity contribution in [3.05, 3.63) is 39.6 Å². The highest BCUT2D eigenvalue weighted by Crippen LogP contribution is 2.23. The van der Waals surface area contributed by atoms with Crippen molar-refractivity contribution < 1.29 is 14.6 Å². The van der Waals surface area contributed by atoms with Gasteiger partial charge in [-0.3, -0.25) is 4.79 Å². The Morgan fingerprint density at radius 1 is 1.52 bits per heavy atom. The van der Waals surface area contributed by atoms with Crippen molar-refractivity contribution >= 4 is 17.2 Å². The number of aromatic hydroxyl groups is 1. The van der Waals surface area contributed by atoms with E-state index in [1.54, 1.807) is 17.4 Å². The van der Waals surface area contributed by atoms with E-state index in [-0.39, 0.29) is 17.4 Å². The van der Waals surface area contributed by atoms with E-state index in [0.717, 1.165) is 23.7 Å². The molecule has 1 aliphatic heterocycles. The molecular weight excluding hydrogens is 290 g/mol. The van der Waals surface area contributed by atoms with Crippen LogP contribution in [0.5, 0.6) is 5.75 Å². The lowest BCUT2D eigenvalue weighted by Crippen LogP contribution is -2.26. The van der Waals surface area contributed by atoms with Gasteiger partial charge in [-0.05, 0) is 12.1 Å². The Hall–Kier alpha value is -1.99. The molecule has 0 atom stereocenters. The Morgan fingerprint density at radius 2 is 2.43 bits per heavy atom. The van der Waals surface area contributed by atoms with Crippen molar-refractivity contribution in [2.75, 3.05) is 13.2 Å². The van der Waals surface area contributed by atoms with Gasteiger partial charge >= 0.3 is 0 Å². The largest absolute Gasteiger partial charge is 0.505 e. The minimum Gasteiger partial charge on any atom is -0.505 e. The van der Waals surface area contributed by atoms with Crippen LogP contribution in [0.2, 0.25) is 0 Å². The van der Waals surface area contributed by atoms with Gasteiger partial charge in [0.15, 0.2) is 5.69 Å². The van der Waals surface area contributed by atoms with E-state index in [2.05, 4.69) is 15.3 Å². The maximum Gasteiger partial charge on any atom is 0.273 e. The third-order valence-corrected chi connectivity index (χ3v) is 4.30. The van der Waals surface area contributed by atoms with Crippen LogP contribution in [0.3, 0.4) is 0 Å². The summed E-state index contributed by atoms with van der Waals surface area (Å²) in [6, 6.07) is 3.02. The number of nitrogens with zero attached hydrogens (tertiary/aromatic N) is 2. The average molecular weight is 305 g/mol. The SMILES string of the molecule is O=C(NCCc1nc2c(s1)COCC2)c1ncccc1O. The summed E-state index contributed by atoms with van der Waals surface area (Å²) in [5, 5.41) is 13.3. The third kappa shape index (κ3) is 3.20. The summed E-state index contributed by atoms with van der Waals surface area (Å²) in [6.07, 6.45) is 3.00. The number of carbonyl (C=O) groups is 1. The standard InChI is InChI=1S/C14H15N3O3S/c18-10-2-1-5-15-13(10)14(19)16-6-3-12-17-9-4-7-20-8-11(9)21-12/h1-2,5,18H,3-4,6-8H2,(H,16,19). The lowest BCUT2D eigenvalue weighted by atomic mass is 10.2. The fraction of sp³-hybridized carbons (Fsp3) is 0.357. The first-order valence-electron chi connectivity index (χ1n) is 6.71. The van der Waals surface area contributed by atoms with Crippen LogP contribution in [0.15, 0.2) is 18.3 Å². The predicted octanol–water partition coefficient (Wildman–Crippen LogP) is 1.29. The summed E-state index contributed by atoms with van der Waals surface area (Å²) in [6.45, 7) is 1.83. The number of thiazole rings is 1. The molecule has 3 heterocycles. The smallest absolute Gasteiger partial charge is 0.273 e. The molecule has 7 heteroatoms. The van der Waals surface area contributed by atoms with Crippen molar-refractivity contribution in [2.24, 2.45) is 0 Å². The van der Waals surface area contributed by atoms with Crippen molar-refractivity contribution in [3.63, 3.8) is 0 Å². The number of carbonyl (C=O) groups excluding carboxylic acids is 1. The van der Waals surface area contributed by atoms with Crippen LogP contribution in [0, 0.1) is 0 Å². The molecule has 0 bridgehead atoms. The lowest BCUT2D eigenvalue weighted by molar-refractivity contribution is 0.0946. The van der Waals surface area contributed by atoms with Gasteiger partial charge in [0.25, 0.3) is 5.91 Å². The molecule has 0 saturated heterocycles. The number of fused-ring (bicyclic) bond motifs is 1. The van der Waals surface area contributed by atoms with Crippen LogP contribution in [0.4, 0.5) is 0 Å². The fourth-order valence-electron chi connectivity index (χ4n) is 2.12. The van der Waals surface area contributed by atoms with Gasteiger partial charge in [0.2, 0.25) is 0 Å². The van der Waals surface area contributed by atoms with Crippen LogP contribution < -0.4 is 5.32 Å². The van der Waals surface area contributed by atoms with Gasteiger partial charge in [0, 0.05) is 25.6 Å². The van der Waals surface area contributed by atoms with Crippen LogP contribution in [0.1, 0.15) is 26.1 Å². The number of hydrogen-bond donors (Lipinski definition) is 2. The third-order valence-electron chi connectivity index (χ3n) is 3.16. The van der Waals surface area contributed by atoms with Crippen LogP contribution >= 0.6 is 11.3 Å². The maximum atomic E-state index is 11.9. The lowest BCUT2D eigenvalue weighted by Gasteiger charge is -2.08. The van der Waals surface area contributed by atoms with Crippen molar-refractivity contribution in [1.82, 2.24) is 15.3 Å². The summed E-state index contributed by atoms with van der Waals surface area (Å²) in [5.41, 5.74) is 1.17. The number of ether oxygens (including phenoxy) is 1. The highest BCUT2D eigenvalue weighted by molar-refractivity contribution is 7.11. The van der Waals surface area contributed by atoms with E-state index < -0.39 is 0 Å². The van der Waals surface area contributed by atoms with Gasteiger partial charge in [0.05, 0.1) is 28.8 Å². The molecule has 1 amide bonds. The zero-order valence-electron chi connectivity index (χ0n) is 11.3. The minimum atomic E-state index is -0.377. The molecule has 0 spiro atoms. The van der Waals surface area contributed by atoms with Crippen molar-refractivity contribution in [2.45, 2.75) is 19.4 Å². The Morgan fingerprint density at radius 3 is 3.24 bits per heavy atom. The molecule has 0 aromatic carbocycles. The first kappa shape index (κ1) is 14.0. The Balaban J connectivity index is 1.55. The van der Waals surface area contributed by atoms with Gasteiger partial charge in [0.1, 0.15) is 5.75 Å². The van der Waals surface area contributed by atoms with E-state index in [1.165, 1.54) is 17.1 Å². The molecule has 0 saturated carbocycles. The molecule has 0 radical (unpaired) electrons. The summed E-state index contributed by atoms with van der Waals surface area (Å²) >= 11 is 1.63. The summed E-state index contributed by atoms with van der Waals surface area (Å²) in [7, 11) is 0. The molecule has 110 valence electrons. The Labute approximate surface area is 125 Å². The van der Waals surface area contributed by atoms with Gasteiger partial charge in [-0.1, -0.05) is 0 Å². The molecule has 1 aliphatic rings. The molecule has 0 fully saturated rings. The number of amides is 1. The molecule has 0 unspecified atom stereocenters. The van der Waals surface area contributed by atoms with Crippen molar-refractivity contribution in [3.8, 4) is 5.75 Å². The zero-order valence-corrected chi connectivity index (χ0v) is 12.2. The molecule has 21 heavy (non-hydrogen) atoms. The monoisotopic (exact) mass is 305 g/mol. The van der Waals surface area contributed by atoms with Crippen LogP contribution in [0.25, 0.3) is 0 Å². The van der Waals surface area contributed by atoms with Crippen LogP contribution in [-0.4, -0.2) is 34.1 Å². The minimum absolute atomic E-state index is 0.0457. The van der Waals surface area contributed by atoms with Gasteiger partial charge < -0.3 is 15.2 Å². The number of hydrogen-bond acceptors (Lipinski definition) is 6. The first-order valence-corrected chi connectivity index (χ1v) is 7.53. The second-order valence-corrected chi connectivity index (χ2v) is 5.83. The topological polar surface area (TPSA) is 84.3 Å². The predicted molar refractivity (Wildman–Crippen MR) is 77.4 cm³/mol. The molecule has 2 aromatic heterocycles. The second kappa shape index (κ2) is 6.19. The van der Waals surface area contributed by atoms with E-state index in [9.17, 15) is 9.90 Å². The van der Waals surface area contributed by atoms with Gasteiger partial charge in [-0.25, -0.2) is 9.97 Å². The number of pyridine rings is 1. The number of nitrogens with one attached hydrogen (secondary N) is 1. The normalized spacial score (nSPS) is 13.7. The highest BCUT2D eigenvalue weighted by atomic mass is 32.1. The van der Waals surface area contributed by atoms with Crippen molar-refractivity contribution in [1.29, 1.82) is 0 Å². The van der Waals surface area contributed by atoms with E-state index in [4.69, 9.17) is 4.74 Å². The number of rotatable bonds is 4. The molecule has 2 N–H and O–H groups in total. The van der Waals surface area contributed by atoms with Crippen LogP contribution in [-0.2, 0) is 24.2 Å². The molecule has 6 nitrogen and oxygen atoms in total. The van der Waals surface area contributed by atoms with Gasteiger partial charge in [-0.2, -0.15) is 0 Å². The summed E-state index contributed by atoms with van der Waals surface area (Å²) < 4.78 is 5.39. The zero-order chi connectivity index (χ0) is 14.7. The Kier molecular flexibility index (Phi) is 4.12. The highest BCUT2D eigenvalue weighted by Gasteiger charge is 2.16. The van der Waals surface area contributed by atoms with Gasteiger partial charge in [-0.15, -0.1) is 11.3 Å². The first-order chi connectivity index (χ1) is 10.2. The van der Waals surface area contributed by atoms with E-state index in [0.29, 0.717) is 19.6 Å². The molecular formula is C14H15N3O3S. The second-order valence-electron chi connectivity index (χ2n) is 4.66. The molecule has 0 aliphatic carbocycles. The molecule has 3 rings (SSSR count). The van der Waals surface area contributed by atoms with E-state index >= 15 is 0 Å². The number of aromatic nitrogens is 2. The summed E-state index contributed by atoms with van der Waals surface area (Å²) in [4.78, 5) is 21.5. The molecule has 2 aromatic rings. The summed E-state index contributed by atoms with van der Waals surface area (Å²) in [5.74, 6) is -0.491. The average Bonchev–Trinajstić information content (AvgIpc) is 2.90. The fourth-order valence-corrected chi connectivity index (χ4v) is 3.18.